The van der Waals surface area contributed by atoms with Crippen molar-refractivity contribution >= 4 is 34.5 Å². The first kappa shape index (κ1) is 13.4. The van der Waals surface area contributed by atoms with E-state index in [0.29, 0.717) is 26.0 Å². The van der Waals surface area contributed by atoms with Crippen molar-refractivity contribution in [3.05, 3.63) is 20.6 Å². The van der Waals surface area contributed by atoms with Crippen LogP contribution in [0.25, 0.3) is 11.5 Å². The van der Waals surface area contributed by atoms with E-state index in [-0.39, 0.29) is 0 Å². The fourth-order valence-electron chi connectivity index (χ4n) is 1.78. The molecule has 3 rings (SSSR count). The molecule has 0 amide bonds. The van der Waals surface area contributed by atoms with Gasteiger partial charge < -0.3 is 9.73 Å². The highest BCUT2D eigenvalue weighted by molar-refractivity contribution is 7.20. The van der Waals surface area contributed by atoms with Crippen LogP contribution < -0.4 is 5.32 Å². The van der Waals surface area contributed by atoms with Crippen LogP contribution in [-0.2, 0) is 6.42 Å². The first-order chi connectivity index (χ1) is 9.22. The lowest BCUT2D eigenvalue weighted by Gasteiger charge is -1.99. The van der Waals surface area contributed by atoms with Crippen molar-refractivity contribution in [2.45, 2.75) is 31.7 Å². The molecular formula is C12H13Cl2N3OS. The highest BCUT2D eigenvalue weighted by Crippen LogP contribution is 2.37. The van der Waals surface area contributed by atoms with Gasteiger partial charge in [-0.3, -0.25) is 0 Å². The second-order valence-electron chi connectivity index (χ2n) is 4.57. The Morgan fingerprint density at radius 3 is 2.89 bits per heavy atom. The summed E-state index contributed by atoms with van der Waals surface area (Å²) >= 11 is 13.2. The van der Waals surface area contributed by atoms with Crippen LogP contribution in [0.5, 0.6) is 0 Å². The summed E-state index contributed by atoms with van der Waals surface area (Å²) < 4.78 is 6.80. The fourth-order valence-corrected chi connectivity index (χ4v) is 3.23. The third kappa shape index (κ3) is 3.48. The zero-order chi connectivity index (χ0) is 13.2. The summed E-state index contributed by atoms with van der Waals surface area (Å²) in [6, 6.07) is 2.49. The molecule has 4 nitrogen and oxygen atoms in total. The predicted octanol–water partition coefficient (Wildman–Crippen LogP) is 3.79. The molecule has 19 heavy (non-hydrogen) atoms. The topological polar surface area (TPSA) is 51.0 Å². The fraction of sp³-hybridized carbons (Fsp3) is 0.500. The van der Waals surface area contributed by atoms with Crippen molar-refractivity contribution in [3.8, 4) is 11.5 Å². The molecular weight excluding hydrogens is 305 g/mol. The molecule has 0 spiro atoms. The number of nitrogens with one attached hydrogen (secondary N) is 1. The lowest BCUT2D eigenvalue weighted by molar-refractivity contribution is 0.491. The average Bonchev–Trinajstić information content (AvgIpc) is 2.98. The molecule has 0 aliphatic heterocycles. The standard InChI is InChI=1S/C12H13Cl2N3OS/c13-9-6-8(11(14)19-9)12-17-16-10(18-12)2-1-5-15-7-3-4-7/h6-7,15H,1-5H2. The predicted molar refractivity (Wildman–Crippen MR) is 77.0 cm³/mol. The van der Waals surface area contributed by atoms with E-state index in [1.807, 2.05) is 0 Å². The Hall–Kier alpha value is -0.620. The lowest BCUT2D eigenvalue weighted by Crippen LogP contribution is -2.17. The highest BCUT2D eigenvalue weighted by Gasteiger charge is 2.20. The maximum atomic E-state index is 6.05. The van der Waals surface area contributed by atoms with Gasteiger partial charge >= 0.3 is 0 Å². The van der Waals surface area contributed by atoms with Crippen molar-refractivity contribution in [2.24, 2.45) is 0 Å². The molecule has 2 heterocycles. The van der Waals surface area contributed by atoms with Gasteiger partial charge in [0.25, 0.3) is 0 Å². The summed E-state index contributed by atoms with van der Waals surface area (Å²) in [5.74, 6) is 1.09. The van der Waals surface area contributed by atoms with Gasteiger partial charge in [-0.15, -0.1) is 21.5 Å². The maximum absolute atomic E-state index is 6.05. The van der Waals surface area contributed by atoms with Crippen molar-refractivity contribution in [2.75, 3.05) is 6.54 Å². The molecule has 0 atom stereocenters. The zero-order valence-corrected chi connectivity index (χ0v) is 12.5. The Morgan fingerprint density at radius 2 is 2.21 bits per heavy atom. The Balaban J connectivity index is 1.57. The average molecular weight is 318 g/mol. The number of thiophene rings is 1. The minimum absolute atomic E-state index is 0.443. The first-order valence-corrected chi connectivity index (χ1v) is 7.80. The quantitative estimate of drug-likeness (QED) is 0.823. The van der Waals surface area contributed by atoms with Gasteiger partial charge in [-0.05, 0) is 31.9 Å². The van der Waals surface area contributed by atoms with Crippen LogP contribution in [0.4, 0.5) is 0 Å². The van der Waals surface area contributed by atoms with Crippen LogP contribution in [0.2, 0.25) is 8.67 Å². The second-order valence-corrected chi connectivity index (χ2v) is 6.86. The van der Waals surface area contributed by atoms with Crippen LogP contribution in [0.15, 0.2) is 10.5 Å². The molecule has 0 aromatic carbocycles. The molecule has 1 aliphatic rings. The van der Waals surface area contributed by atoms with Crippen molar-refractivity contribution in [1.29, 1.82) is 0 Å². The van der Waals surface area contributed by atoms with Gasteiger partial charge in [0.2, 0.25) is 11.8 Å². The van der Waals surface area contributed by atoms with E-state index < -0.39 is 0 Å². The highest BCUT2D eigenvalue weighted by atomic mass is 35.5. The van der Waals surface area contributed by atoms with Gasteiger partial charge in [0.15, 0.2) is 0 Å². The number of hydrogen-bond acceptors (Lipinski definition) is 5. The molecule has 0 radical (unpaired) electrons. The molecule has 1 fully saturated rings. The molecule has 0 bridgehead atoms. The number of hydrogen-bond donors (Lipinski definition) is 1. The third-order valence-electron chi connectivity index (χ3n) is 2.93. The molecule has 102 valence electrons. The van der Waals surface area contributed by atoms with Crippen LogP contribution in [0, 0.1) is 0 Å². The van der Waals surface area contributed by atoms with E-state index >= 15 is 0 Å². The van der Waals surface area contributed by atoms with Gasteiger partial charge in [0, 0.05) is 12.5 Å². The molecule has 1 aliphatic carbocycles. The summed E-state index contributed by atoms with van der Waals surface area (Å²) in [6.45, 7) is 0.993. The SMILES string of the molecule is Clc1cc(-c2nnc(CCCNC3CC3)o2)c(Cl)s1. The molecule has 2 aromatic rings. The van der Waals surface area contributed by atoms with Crippen LogP contribution in [-0.4, -0.2) is 22.8 Å². The van der Waals surface area contributed by atoms with Gasteiger partial charge in [-0.2, -0.15) is 0 Å². The summed E-state index contributed by atoms with van der Waals surface area (Å²) in [7, 11) is 0. The minimum Gasteiger partial charge on any atom is -0.421 e. The number of aryl methyl sites for hydroxylation is 1. The van der Waals surface area contributed by atoms with Gasteiger partial charge in [-0.1, -0.05) is 23.2 Å². The van der Waals surface area contributed by atoms with Crippen molar-refractivity contribution < 1.29 is 4.42 Å². The van der Waals surface area contributed by atoms with Crippen LogP contribution >= 0.6 is 34.5 Å². The van der Waals surface area contributed by atoms with E-state index in [1.165, 1.54) is 24.2 Å². The van der Waals surface area contributed by atoms with Gasteiger partial charge in [0.1, 0.15) is 4.34 Å². The summed E-state index contributed by atoms with van der Waals surface area (Å²) in [5, 5.41) is 11.5. The monoisotopic (exact) mass is 317 g/mol. The molecule has 1 N–H and O–H groups in total. The van der Waals surface area contributed by atoms with Crippen molar-refractivity contribution in [1.82, 2.24) is 15.5 Å². The minimum atomic E-state index is 0.443. The molecule has 7 heteroatoms. The Kier molecular flexibility index (Phi) is 4.07. The number of aromatic nitrogens is 2. The smallest absolute Gasteiger partial charge is 0.250 e. The number of halogens is 2. The summed E-state index contributed by atoms with van der Waals surface area (Å²) in [6.07, 6.45) is 4.39. The largest absolute Gasteiger partial charge is 0.421 e. The summed E-state index contributed by atoms with van der Waals surface area (Å²) in [4.78, 5) is 0. The van der Waals surface area contributed by atoms with Gasteiger partial charge in [-0.25, -0.2) is 0 Å². The lowest BCUT2D eigenvalue weighted by atomic mass is 10.3. The summed E-state index contributed by atoms with van der Waals surface area (Å²) in [5.41, 5.74) is 0.714. The van der Waals surface area contributed by atoms with Crippen LogP contribution in [0.1, 0.15) is 25.2 Å². The normalized spacial score (nSPS) is 15.1. The van der Waals surface area contributed by atoms with Gasteiger partial charge in [0.05, 0.1) is 9.90 Å². The molecule has 0 saturated heterocycles. The molecule has 1 saturated carbocycles. The Labute approximate surface area is 125 Å². The Morgan fingerprint density at radius 1 is 1.37 bits per heavy atom. The zero-order valence-electron chi connectivity index (χ0n) is 10.2. The van der Waals surface area contributed by atoms with E-state index in [2.05, 4.69) is 15.5 Å². The van der Waals surface area contributed by atoms with Crippen LogP contribution in [0.3, 0.4) is 0 Å². The molecule has 2 aromatic heterocycles. The second kappa shape index (κ2) is 5.79. The molecule has 0 unspecified atom stereocenters. The van der Waals surface area contributed by atoms with E-state index in [1.54, 1.807) is 6.07 Å². The van der Waals surface area contributed by atoms with E-state index in [4.69, 9.17) is 27.6 Å². The Bertz CT molecular complexity index is 565. The third-order valence-corrected chi connectivity index (χ3v) is 4.42. The first-order valence-electron chi connectivity index (χ1n) is 6.23. The number of nitrogens with zero attached hydrogens (tertiary/aromatic N) is 2. The van der Waals surface area contributed by atoms with E-state index in [9.17, 15) is 0 Å². The number of rotatable bonds is 6. The van der Waals surface area contributed by atoms with Crippen molar-refractivity contribution in [3.63, 3.8) is 0 Å². The van der Waals surface area contributed by atoms with E-state index in [0.717, 1.165) is 25.4 Å². The maximum Gasteiger partial charge on any atom is 0.250 e.